The van der Waals surface area contributed by atoms with Crippen molar-refractivity contribution in [3.63, 3.8) is 0 Å². The van der Waals surface area contributed by atoms with Gasteiger partial charge in [-0.15, -0.1) is 0 Å². The Morgan fingerprint density at radius 1 is 0.448 bits per heavy atom. The number of hydrogen-bond acceptors (Lipinski definition) is 12. The quantitative estimate of drug-likeness (QED) is 0.0370. The predicted octanol–water partition coefficient (Wildman–Crippen LogP) is 5.42. The van der Waals surface area contributed by atoms with Gasteiger partial charge in [0.2, 0.25) is 17.7 Å². The molecule has 0 saturated heterocycles. The summed E-state index contributed by atoms with van der Waals surface area (Å²) in [4.78, 5) is 76.8. The van der Waals surface area contributed by atoms with Gasteiger partial charge in [0, 0.05) is 39.7 Å². The number of rotatable bonds is 18. The van der Waals surface area contributed by atoms with E-state index in [1.54, 1.807) is 36.4 Å². The van der Waals surface area contributed by atoms with Crippen molar-refractivity contribution in [3.05, 3.63) is 155 Å². The zero-order valence-corrected chi connectivity index (χ0v) is 33.6. The smallest absolute Gasteiger partial charge is 0.224 e. The highest BCUT2D eigenvalue weighted by molar-refractivity contribution is 7.08. The number of ketones is 3. The minimum Gasteiger partial charge on any atom is -0.398 e. The molecule has 296 valence electrons. The molecule has 0 aliphatic carbocycles. The summed E-state index contributed by atoms with van der Waals surface area (Å²) in [6, 6.07) is 20.0. The van der Waals surface area contributed by atoms with E-state index < -0.39 is 5.92 Å². The number of nitrogen functional groups attached to an aromatic ring is 3. The molecule has 0 fully saturated rings. The molecule has 0 radical (unpaired) electrons. The van der Waals surface area contributed by atoms with Gasteiger partial charge in [-0.05, 0) is 102 Å². The third-order valence-corrected chi connectivity index (χ3v) is 11.5. The lowest BCUT2D eigenvalue weighted by atomic mass is 9.81. The van der Waals surface area contributed by atoms with Crippen molar-refractivity contribution in [1.82, 2.24) is 16.0 Å². The molecular weight excluding hydrogens is 793 g/mol. The Balaban J connectivity index is 1.23. The number of carbonyl (C=O) groups is 6. The van der Waals surface area contributed by atoms with Gasteiger partial charge in [-0.1, -0.05) is 36.4 Å². The zero-order chi connectivity index (χ0) is 41.2. The maximum absolute atomic E-state index is 13.2. The molecule has 3 amide bonds. The van der Waals surface area contributed by atoms with Crippen molar-refractivity contribution in [2.24, 2.45) is 0 Å². The van der Waals surface area contributed by atoms with Gasteiger partial charge in [0.15, 0.2) is 17.3 Å². The molecule has 0 atom stereocenters. The van der Waals surface area contributed by atoms with Crippen molar-refractivity contribution >= 4 is 86.1 Å². The Kier molecular flexibility index (Phi) is 13.6. The molecule has 6 rings (SSSR count). The minimum atomic E-state index is -0.724. The Morgan fingerprint density at radius 2 is 0.741 bits per heavy atom. The number of anilines is 3. The molecular formula is C43H40N6O6S3. The first-order chi connectivity index (χ1) is 27.9. The first-order valence-corrected chi connectivity index (χ1v) is 20.9. The summed E-state index contributed by atoms with van der Waals surface area (Å²) >= 11 is 4.45. The molecule has 58 heavy (non-hydrogen) atoms. The number of carbonyl (C=O) groups excluding carboxylic acids is 6. The number of hydrogen-bond donors (Lipinski definition) is 6. The monoisotopic (exact) mass is 832 g/mol. The molecule has 0 aliphatic heterocycles. The lowest BCUT2D eigenvalue weighted by Gasteiger charge is -2.24. The van der Waals surface area contributed by atoms with E-state index in [0.29, 0.717) is 16.7 Å². The van der Waals surface area contributed by atoms with Crippen LogP contribution in [0.15, 0.2) is 105 Å². The highest BCUT2D eigenvalue weighted by atomic mass is 32.1. The highest BCUT2D eigenvalue weighted by Crippen LogP contribution is 2.41. The first kappa shape index (κ1) is 41.2. The van der Waals surface area contributed by atoms with Crippen LogP contribution in [0.2, 0.25) is 0 Å². The second-order valence-electron chi connectivity index (χ2n) is 13.5. The average molecular weight is 833 g/mol. The number of amides is 3. The normalized spacial score (nSPS) is 10.9. The van der Waals surface area contributed by atoms with E-state index in [1.165, 1.54) is 52.2 Å². The summed E-state index contributed by atoms with van der Waals surface area (Å²) in [6.45, 7) is -0.670. The fourth-order valence-corrected chi connectivity index (χ4v) is 8.31. The van der Waals surface area contributed by atoms with Crippen molar-refractivity contribution < 1.29 is 28.8 Å². The number of Topliss-reactive ketones (excluding diaryl/α,β-unsaturated/α-hetero) is 3. The Bertz CT molecular complexity index is 2180. The molecule has 0 unspecified atom stereocenters. The molecule has 0 aliphatic rings. The number of nitrogens with one attached hydrogen (secondary N) is 3. The Morgan fingerprint density at radius 3 is 0.983 bits per heavy atom. The van der Waals surface area contributed by atoms with E-state index in [4.69, 9.17) is 17.2 Å². The van der Waals surface area contributed by atoms with Gasteiger partial charge in [-0.2, -0.15) is 34.0 Å². The second kappa shape index (κ2) is 19.1. The van der Waals surface area contributed by atoms with Crippen molar-refractivity contribution in [1.29, 1.82) is 0 Å². The summed E-state index contributed by atoms with van der Waals surface area (Å²) in [5, 5.41) is 19.2. The van der Waals surface area contributed by atoms with Crippen LogP contribution in [0.4, 0.5) is 17.1 Å². The maximum Gasteiger partial charge on any atom is 0.224 e. The van der Waals surface area contributed by atoms with Crippen LogP contribution in [0.3, 0.4) is 0 Å². The van der Waals surface area contributed by atoms with Gasteiger partial charge in [-0.25, -0.2) is 0 Å². The summed E-state index contributed by atoms with van der Waals surface area (Å²) in [6.07, 6.45) is 0.475. The predicted molar refractivity (Wildman–Crippen MR) is 230 cm³/mol. The molecule has 3 heterocycles. The number of nitrogens with two attached hydrogens (primary N) is 3. The van der Waals surface area contributed by atoms with Gasteiger partial charge in [-0.3, -0.25) is 28.8 Å². The average Bonchev–Trinajstić information content (AvgIpc) is 4.03. The largest absolute Gasteiger partial charge is 0.398 e. The summed E-state index contributed by atoms with van der Waals surface area (Å²) < 4.78 is 0. The van der Waals surface area contributed by atoms with Crippen LogP contribution in [0.25, 0.3) is 0 Å². The summed E-state index contributed by atoms with van der Waals surface area (Å²) in [7, 11) is 0. The fraction of sp³-hybridized carbons (Fsp3) is 0.163. The Labute approximate surface area is 346 Å². The van der Waals surface area contributed by atoms with Crippen LogP contribution in [0.1, 0.15) is 70.4 Å². The zero-order valence-electron chi connectivity index (χ0n) is 31.1. The van der Waals surface area contributed by atoms with Gasteiger partial charge in [0.1, 0.15) is 0 Å². The first-order valence-electron chi connectivity index (χ1n) is 18.1. The molecule has 3 aromatic carbocycles. The van der Waals surface area contributed by atoms with Crippen LogP contribution < -0.4 is 33.2 Å². The van der Waals surface area contributed by atoms with E-state index >= 15 is 0 Å². The van der Waals surface area contributed by atoms with Crippen LogP contribution in [-0.2, 0) is 33.6 Å². The van der Waals surface area contributed by atoms with E-state index in [0.717, 1.165) is 16.7 Å². The minimum absolute atomic E-state index is 0.158. The molecule has 0 spiro atoms. The molecule has 15 heteroatoms. The molecule has 9 N–H and O–H groups in total. The van der Waals surface area contributed by atoms with E-state index in [-0.39, 0.29) is 108 Å². The number of thiophene rings is 3. The summed E-state index contributed by atoms with van der Waals surface area (Å²) in [5.41, 5.74) is 25.7. The topological polar surface area (TPSA) is 217 Å². The van der Waals surface area contributed by atoms with E-state index in [2.05, 4.69) is 16.0 Å². The highest BCUT2D eigenvalue weighted by Gasteiger charge is 2.26. The van der Waals surface area contributed by atoms with Gasteiger partial charge >= 0.3 is 0 Å². The van der Waals surface area contributed by atoms with E-state index in [1.807, 2.05) is 50.5 Å². The van der Waals surface area contributed by atoms with E-state index in [9.17, 15) is 28.8 Å². The van der Waals surface area contributed by atoms with Crippen molar-refractivity contribution in [3.8, 4) is 0 Å². The molecule has 0 bridgehead atoms. The van der Waals surface area contributed by atoms with Crippen LogP contribution in [0, 0.1) is 0 Å². The third kappa shape index (κ3) is 10.7. The molecule has 6 aromatic rings. The Hall–Kier alpha value is -6.42. The van der Waals surface area contributed by atoms with Crippen molar-refractivity contribution in [2.45, 2.75) is 25.2 Å². The lowest BCUT2D eigenvalue weighted by Crippen LogP contribution is -2.30. The van der Waals surface area contributed by atoms with Crippen molar-refractivity contribution in [2.75, 3.05) is 36.8 Å². The van der Waals surface area contributed by atoms with Crippen LogP contribution in [-0.4, -0.2) is 54.7 Å². The lowest BCUT2D eigenvalue weighted by molar-refractivity contribution is -0.121. The van der Waals surface area contributed by atoms with Gasteiger partial charge < -0.3 is 33.2 Å². The number of benzene rings is 3. The van der Waals surface area contributed by atoms with Crippen LogP contribution in [0.5, 0.6) is 0 Å². The maximum atomic E-state index is 13.2. The van der Waals surface area contributed by atoms with Crippen LogP contribution >= 0.6 is 34.0 Å². The SMILES string of the molecule is Nc1cc(C(=O)CNC(=O)Cc2ccsc2)ccc1C(c1ccc(C(=O)CNC(=O)Cc2ccsc2)cc1N)c1ccc(C(=O)CNC(=O)Cc2ccsc2)cc1N. The van der Waals surface area contributed by atoms with Gasteiger partial charge in [0.05, 0.1) is 38.9 Å². The third-order valence-electron chi connectivity index (χ3n) is 9.33. The standard InChI is InChI=1S/C43H40N6O6S3/c44-34-16-28(37(50)19-47-40(53)13-25-7-10-56-22-25)1-4-31(34)43(32-5-2-29(17-35(32)45)38(51)20-48-41(54)14-26-8-11-57-23-26)33-6-3-30(18-36(33)46)39(52)21-49-42(55)15-27-9-12-58-24-27/h1-12,16-18,22-24,43H,13-15,19-21,44-46H2,(H,47,53)(H,48,54)(H,49,55). The molecule has 12 nitrogen and oxygen atoms in total. The molecule has 0 saturated carbocycles. The molecule has 3 aromatic heterocycles. The second-order valence-corrected chi connectivity index (χ2v) is 15.8. The van der Waals surface area contributed by atoms with Gasteiger partial charge in [0.25, 0.3) is 0 Å². The fourth-order valence-electron chi connectivity index (χ4n) is 6.30. The summed E-state index contributed by atoms with van der Waals surface area (Å²) in [5.74, 6) is -2.61.